The van der Waals surface area contributed by atoms with Gasteiger partial charge >= 0.3 is 6.03 Å². The molecule has 1 aliphatic carbocycles. The van der Waals surface area contributed by atoms with Gasteiger partial charge < -0.3 is 15.5 Å². The summed E-state index contributed by atoms with van der Waals surface area (Å²) in [5.74, 6) is 1.31. The van der Waals surface area contributed by atoms with Crippen LogP contribution in [-0.2, 0) is 6.54 Å². The second-order valence-electron chi connectivity index (χ2n) is 5.94. The lowest BCUT2D eigenvalue weighted by Crippen LogP contribution is -2.23. The highest BCUT2D eigenvalue weighted by Crippen LogP contribution is 2.13. The van der Waals surface area contributed by atoms with Gasteiger partial charge in [-0.25, -0.2) is 4.79 Å². The molecule has 2 amide bonds. The first-order valence-corrected chi connectivity index (χ1v) is 8.26. The van der Waals surface area contributed by atoms with Gasteiger partial charge in [-0.15, -0.1) is 0 Å². The number of hydrazone groups is 1. The summed E-state index contributed by atoms with van der Waals surface area (Å²) in [6.07, 6.45) is 7.20. The number of allylic oxidation sites excluding steroid dienone is 4. The first-order valence-electron chi connectivity index (χ1n) is 8.26. The van der Waals surface area contributed by atoms with Gasteiger partial charge in [0.05, 0.1) is 12.3 Å². The Hall–Kier alpha value is -2.89. The van der Waals surface area contributed by atoms with Crippen molar-refractivity contribution in [2.75, 3.05) is 13.7 Å². The molecule has 0 aliphatic heterocycles. The summed E-state index contributed by atoms with van der Waals surface area (Å²) in [6.45, 7) is 5.30. The van der Waals surface area contributed by atoms with Crippen LogP contribution in [0.2, 0.25) is 0 Å². The Morgan fingerprint density at radius 1 is 1.12 bits per heavy atom. The monoisotopic (exact) mass is 340 g/mol. The van der Waals surface area contributed by atoms with Crippen molar-refractivity contribution in [3.8, 4) is 5.75 Å². The smallest absolute Gasteiger partial charge is 0.341 e. The zero-order valence-corrected chi connectivity index (χ0v) is 14.8. The maximum absolute atomic E-state index is 12.0. The van der Waals surface area contributed by atoms with Gasteiger partial charge in [0, 0.05) is 13.6 Å². The molecular formula is C19H24N4O2. The number of hydrogen-bond acceptors (Lipinski definition) is 4. The molecule has 0 heterocycles. The van der Waals surface area contributed by atoms with Crippen LogP contribution in [0.15, 0.2) is 58.7 Å². The number of hydrogen-bond donors (Lipinski definition) is 2. The van der Waals surface area contributed by atoms with E-state index in [1.807, 2.05) is 36.4 Å². The van der Waals surface area contributed by atoms with Crippen molar-refractivity contribution in [1.29, 1.82) is 0 Å². The van der Waals surface area contributed by atoms with E-state index in [2.05, 4.69) is 34.7 Å². The Morgan fingerprint density at radius 3 is 2.44 bits per heavy atom. The summed E-state index contributed by atoms with van der Waals surface area (Å²) < 4.78 is 5.64. The normalized spacial score (nSPS) is 16.5. The van der Waals surface area contributed by atoms with Crippen molar-refractivity contribution in [2.45, 2.75) is 20.4 Å². The number of ether oxygens (including phenoxy) is 1. The summed E-state index contributed by atoms with van der Waals surface area (Å²) in [4.78, 5) is 16.1. The molecule has 132 valence electrons. The van der Waals surface area contributed by atoms with E-state index in [0.717, 1.165) is 11.3 Å². The minimum absolute atomic E-state index is 0.401. The van der Waals surface area contributed by atoms with Crippen LogP contribution in [0.3, 0.4) is 0 Å². The molecular weight excluding hydrogens is 316 g/mol. The lowest BCUT2D eigenvalue weighted by molar-refractivity contribution is 0.249. The molecule has 6 heteroatoms. The van der Waals surface area contributed by atoms with E-state index in [9.17, 15) is 4.79 Å². The highest BCUT2D eigenvalue weighted by atomic mass is 16.5. The summed E-state index contributed by atoms with van der Waals surface area (Å²) in [7, 11) is 1.70. The van der Waals surface area contributed by atoms with Gasteiger partial charge in [-0.05, 0) is 35.8 Å². The van der Waals surface area contributed by atoms with E-state index < -0.39 is 6.03 Å². The zero-order valence-electron chi connectivity index (χ0n) is 14.8. The van der Waals surface area contributed by atoms with Gasteiger partial charge in [0.25, 0.3) is 0 Å². The predicted molar refractivity (Wildman–Crippen MR) is 101 cm³/mol. The third kappa shape index (κ3) is 6.25. The number of benzene rings is 1. The molecule has 0 atom stereocenters. The highest BCUT2D eigenvalue weighted by Gasteiger charge is 2.08. The molecule has 2 rings (SSSR count). The van der Waals surface area contributed by atoms with E-state index in [-0.39, 0.29) is 0 Å². The second kappa shape index (κ2) is 9.42. The van der Waals surface area contributed by atoms with E-state index in [1.54, 1.807) is 19.2 Å². The molecule has 0 saturated carbocycles. The van der Waals surface area contributed by atoms with Crippen molar-refractivity contribution < 1.29 is 9.53 Å². The van der Waals surface area contributed by atoms with Crippen molar-refractivity contribution in [2.24, 2.45) is 16.0 Å². The molecule has 0 unspecified atom stereocenters. The number of nitrogens with zero attached hydrogens (tertiary/aromatic N) is 2. The molecule has 0 bridgehead atoms. The average Bonchev–Trinajstić information content (AvgIpc) is 2.61. The fourth-order valence-electron chi connectivity index (χ4n) is 2.07. The van der Waals surface area contributed by atoms with E-state index in [4.69, 9.17) is 4.74 Å². The quantitative estimate of drug-likeness (QED) is 0.617. The molecule has 0 saturated heterocycles. The van der Waals surface area contributed by atoms with Crippen LogP contribution in [0.25, 0.3) is 0 Å². The van der Waals surface area contributed by atoms with Gasteiger partial charge in [0.2, 0.25) is 0 Å². The van der Waals surface area contributed by atoms with E-state index >= 15 is 0 Å². The molecule has 0 aromatic heterocycles. The maximum Gasteiger partial charge on any atom is 0.341 e. The molecule has 0 fully saturated rings. The lowest BCUT2D eigenvalue weighted by atomic mass is 10.1. The molecule has 25 heavy (non-hydrogen) atoms. The van der Waals surface area contributed by atoms with Crippen molar-refractivity contribution in [3.63, 3.8) is 0 Å². The van der Waals surface area contributed by atoms with Crippen LogP contribution in [0.1, 0.15) is 19.4 Å². The minimum Gasteiger partial charge on any atom is -0.493 e. The second-order valence-corrected chi connectivity index (χ2v) is 5.94. The third-order valence-electron chi connectivity index (χ3n) is 3.29. The number of nitrogens with one attached hydrogen (secondary N) is 2. The van der Waals surface area contributed by atoms with Crippen LogP contribution in [0.5, 0.6) is 5.75 Å². The van der Waals surface area contributed by atoms with Crippen LogP contribution in [0, 0.1) is 5.92 Å². The molecule has 1 aromatic carbocycles. The van der Waals surface area contributed by atoms with Crippen LogP contribution >= 0.6 is 0 Å². The fourth-order valence-corrected chi connectivity index (χ4v) is 2.07. The largest absolute Gasteiger partial charge is 0.493 e. The maximum atomic E-state index is 12.0. The van der Waals surface area contributed by atoms with Crippen molar-refractivity contribution in [3.05, 3.63) is 54.1 Å². The van der Waals surface area contributed by atoms with Gasteiger partial charge in [0.15, 0.2) is 0 Å². The molecule has 0 radical (unpaired) electrons. The molecule has 0 spiro atoms. The molecule has 2 N–H and O–H groups in total. The molecule has 1 aliphatic rings. The number of urea groups is 1. The number of carbonyl (C=O) groups excluding carboxylic acids is 1. The van der Waals surface area contributed by atoms with Gasteiger partial charge in [-0.1, -0.05) is 38.1 Å². The lowest BCUT2D eigenvalue weighted by Gasteiger charge is -2.09. The third-order valence-corrected chi connectivity index (χ3v) is 3.29. The summed E-state index contributed by atoms with van der Waals surface area (Å²) >= 11 is 0. The Morgan fingerprint density at radius 2 is 1.80 bits per heavy atom. The molecule has 6 nitrogen and oxygen atoms in total. The topological polar surface area (TPSA) is 75.1 Å². The zero-order chi connectivity index (χ0) is 18.1. The minimum atomic E-state index is -0.404. The van der Waals surface area contributed by atoms with Gasteiger partial charge in [0.1, 0.15) is 11.5 Å². The number of rotatable bonds is 6. The summed E-state index contributed by atoms with van der Waals surface area (Å²) in [6, 6.07) is 7.27. The Kier molecular flexibility index (Phi) is 6.95. The van der Waals surface area contributed by atoms with Crippen LogP contribution < -0.4 is 15.5 Å². The van der Waals surface area contributed by atoms with Crippen LogP contribution in [0.4, 0.5) is 4.79 Å². The fraction of sp³-hybridized carbons (Fsp3) is 0.316. The predicted octanol–water partition coefficient (Wildman–Crippen LogP) is 3.07. The van der Waals surface area contributed by atoms with Crippen molar-refractivity contribution in [1.82, 2.24) is 10.7 Å². The van der Waals surface area contributed by atoms with Gasteiger partial charge in [-0.2, -0.15) is 10.1 Å². The Bertz CT molecular complexity index is 701. The Balaban J connectivity index is 1.89. The highest BCUT2D eigenvalue weighted by molar-refractivity contribution is 6.52. The standard InChI is InChI=1S/C19H24N4O2/c1-14(2)13-25-16-10-8-15(9-11-16)12-21-19(24)22-17-6-4-5-7-18(17)23-20-3/h4-11,14,20H,12-13H2,1-3H3,(H,21,24)/b22-17+,23-18-. The van der Waals surface area contributed by atoms with E-state index in [0.29, 0.717) is 30.5 Å². The summed E-state index contributed by atoms with van der Waals surface area (Å²) in [5, 5.41) is 6.86. The summed E-state index contributed by atoms with van der Waals surface area (Å²) in [5.41, 5.74) is 4.82. The number of amides is 2. The van der Waals surface area contributed by atoms with E-state index in [1.165, 1.54) is 0 Å². The number of carbonyl (C=O) groups is 1. The first kappa shape index (κ1) is 18.4. The average molecular weight is 340 g/mol. The number of aliphatic imine (C=N–C) groups is 1. The Labute approximate surface area is 148 Å². The van der Waals surface area contributed by atoms with Gasteiger partial charge in [-0.3, -0.25) is 0 Å². The van der Waals surface area contributed by atoms with Crippen LogP contribution in [-0.4, -0.2) is 31.1 Å². The molecule has 1 aromatic rings. The SMILES string of the molecule is CN/N=C1/C=CC=C/C1=N\C(=O)NCc1ccc(OCC(C)C)cc1. The van der Waals surface area contributed by atoms with Crippen molar-refractivity contribution >= 4 is 17.5 Å². The first-order chi connectivity index (χ1) is 12.1.